The van der Waals surface area contributed by atoms with Crippen LogP contribution in [0.4, 0.5) is 17.1 Å². The van der Waals surface area contributed by atoms with E-state index in [-0.39, 0.29) is 0 Å². The fraction of sp³-hybridized carbons (Fsp3) is 0. The molecule has 0 N–H and O–H groups in total. The molecule has 0 amide bonds. The highest BCUT2D eigenvalue weighted by Gasteiger charge is 2.22. The summed E-state index contributed by atoms with van der Waals surface area (Å²) in [6.07, 6.45) is 0. The van der Waals surface area contributed by atoms with E-state index in [1.807, 2.05) is 12.1 Å². The molecule has 0 aliphatic heterocycles. The Kier molecular flexibility index (Phi) is 8.19. The largest absolute Gasteiger partial charge is 0.456 e. The Bertz CT molecular complexity index is 3250. The highest BCUT2D eigenvalue weighted by Crippen LogP contribution is 2.48. The highest BCUT2D eigenvalue weighted by atomic mass is 16.3. The van der Waals surface area contributed by atoms with Crippen LogP contribution in [0.2, 0.25) is 0 Å². The molecule has 11 aromatic rings. The lowest BCUT2D eigenvalue weighted by Crippen LogP contribution is -2.12. The summed E-state index contributed by atoms with van der Waals surface area (Å²) in [5, 5.41) is 7.24. The molecular weight excluding hydrogens is 703 g/mol. The molecule has 0 atom stereocenters. The third-order valence-corrected chi connectivity index (χ3v) is 11.5. The molecule has 2 nitrogen and oxygen atoms in total. The Labute approximate surface area is 337 Å². The van der Waals surface area contributed by atoms with Crippen molar-refractivity contribution >= 4 is 60.5 Å². The summed E-state index contributed by atoms with van der Waals surface area (Å²) in [6, 6.07) is 80.9. The zero-order chi connectivity index (χ0) is 38.4. The van der Waals surface area contributed by atoms with E-state index in [0.29, 0.717) is 0 Å². The number of hydrogen-bond donors (Lipinski definition) is 0. The SMILES string of the molecule is c1ccc(-c2ccc(N(c3ccc(-c4ccc5oc6ccccc6c5c4)cc3)c3cccc(-c4cc5ccccc5c5ccccc45)c3-c3ccccc3)cc2)cc1. The molecule has 272 valence electrons. The summed E-state index contributed by atoms with van der Waals surface area (Å²) in [6.45, 7) is 0. The van der Waals surface area contributed by atoms with Gasteiger partial charge in [-0.2, -0.15) is 0 Å². The van der Waals surface area contributed by atoms with Crippen LogP contribution in [0, 0.1) is 0 Å². The van der Waals surface area contributed by atoms with Crippen molar-refractivity contribution in [1.82, 2.24) is 0 Å². The van der Waals surface area contributed by atoms with Crippen molar-refractivity contribution in [2.24, 2.45) is 0 Å². The van der Waals surface area contributed by atoms with Crippen molar-refractivity contribution in [2.45, 2.75) is 0 Å². The zero-order valence-corrected chi connectivity index (χ0v) is 31.7. The lowest BCUT2D eigenvalue weighted by atomic mass is 9.87. The van der Waals surface area contributed by atoms with E-state index in [1.54, 1.807) is 0 Å². The van der Waals surface area contributed by atoms with Crippen LogP contribution in [0.3, 0.4) is 0 Å². The molecule has 0 aliphatic rings. The lowest BCUT2D eigenvalue weighted by Gasteiger charge is -2.30. The van der Waals surface area contributed by atoms with Gasteiger partial charge in [0.2, 0.25) is 0 Å². The van der Waals surface area contributed by atoms with Gasteiger partial charge in [-0.1, -0.05) is 170 Å². The van der Waals surface area contributed by atoms with Gasteiger partial charge in [0.05, 0.1) is 5.69 Å². The van der Waals surface area contributed by atoms with E-state index in [9.17, 15) is 0 Å². The minimum atomic E-state index is 0.902. The quantitative estimate of drug-likeness (QED) is 0.151. The van der Waals surface area contributed by atoms with Crippen molar-refractivity contribution in [2.75, 3.05) is 4.90 Å². The molecule has 1 heterocycles. The molecule has 0 saturated heterocycles. The van der Waals surface area contributed by atoms with Gasteiger partial charge in [0, 0.05) is 27.7 Å². The van der Waals surface area contributed by atoms with Gasteiger partial charge in [-0.05, 0) is 115 Å². The molecule has 0 bridgehead atoms. The van der Waals surface area contributed by atoms with Crippen molar-refractivity contribution < 1.29 is 4.42 Å². The van der Waals surface area contributed by atoms with E-state index >= 15 is 0 Å². The maximum atomic E-state index is 6.16. The Morgan fingerprint density at radius 2 is 0.828 bits per heavy atom. The second-order valence-corrected chi connectivity index (χ2v) is 14.9. The first-order valence-electron chi connectivity index (χ1n) is 19.8. The van der Waals surface area contributed by atoms with E-state index < -0.39 is 0 Å². The van der Waals surface area contributed by atoms with Gasteiger partial charge < -0.3 is 9.32 Å². The minimum Gasteiger partial charge on any atom is -0.456 e. The Hall–Kier alpha value is -7.68. The van der Waals surface area contributed by atoms with Crippen molar-refractivity contribution in [3.8, 4) is 44.5 Å². The maximum Gasteiger partial charge on any atom is 0.135 e. The first-order chi connectivity index (χ1) is 28.8. The molecule has 1 aromatic heterocycles. The number of anilines is 3. The Morgan fingerprint density at radius 1 is 0.293 bits per heavy atom. The molecule has 0 aliphatic carbocycles. The summed E-state index contributed by atoms with van der Waals surface area (Å²) < 4.78 is 6.16. The van der Waals surface area contributed by atoms with Crippen molar-refractivity contribution in [3.05, 3.63) is 224 Å². The lowest BCUT2D eigenvalue weighted by molar-refractivity contribution is 0.669. The third-order valence-electron chi connectivity index (χ3n) is 11.5. The van der Waals surface area contributed by atoms with Crippen LogP contribution in [0.5, 0.6) is 0 Å². The van der Waals surface area contributed by atoms with Gasteiger partial charge in [0.25, 0.3) is 0 Å². The number of fused-ring (bicyclic) bond motifs is 6. The van der Waals surface area contributed by atoms with Crippen LogP contribution < -0.4 is 4.90 Å². The molecule has 11 rings (SSSR count). The predicted molar refractivity (Wildman–Crippen MR) is 245 cm³/mol. The summed E-state index contributed by atoms with van der Waals surface area (Å²) in [7, 11) is 0. The highest BCUT2D eigenvalue weighted by molar-refractivity contribution is 6.15. The van der Waals surface area contributed by atoms with Crippen LogP contribution in [0.15, 0.2) is 229 Å². The van der Waals surface area contributed by atoms with Crippen LogP contribution in [0.25, 0.3) is 88.0 Å². The first kappa shape index (κ1) is 33.6. The van der Waals surface area contributed by atoms with Gasteiger partial charge in [0.15, 0.2) is 0 Å². The van der Waals surface area contributed by atoms with E-state index in [4.69, 9.17) is 4.42 Å². The normalized spacial score (nSPS) is 11.4. The topological polar surface area (TPSA) is 16.4 Å². The summed E-state index contributed by atoms with van der Waals surface area (Å²) in [4.78, 5) is 2.42. The number of hydrogen-bond acceptors (Lipinski definition) is 2. The molecule has 0 unspecified atom stereocenters. The van der Waals surface area contributed by atoms with Crippen molar-refractivity contribution in [3.63, 3.8) is 0 Å². The zero-order valence-electron chi connectivity index (χ0n) is 31.7. The van der Waals surface area contributed by atoms with Gasteiger partial charge in [-0.15, -0.1) is 0 Å². The monoisotopic (exact) mass is 739 g/mol. The van der Waals surface area contributed by atoms with E-state index in [2.05, 4.69) is 217 Å². The average Bonchev–Trinajstić information content (AvgIpc) is 3.68. The van der Waals surface area contributed by atoms with Gasteiger partial charge in [-0.3, -0.25) is 0 Å². The summed E-state index contributed by atoms with van der Waals surface area (Å²) in [5.41, 5.74) is 14.5. The number of nitrogens with zero attached hydrogens (tertiary/aromatic N) is 1. The van der Waals surface area contributed by atoms with Gasteiger partial charge >= 0.3 is 0 Å². The average molecular weight is 740 g/mol. The number of rotatable bonds is 7. The van der Waals surface area contributed by atoms with E-state index in [1.165, 1.54) is 49.4 Å². The van der Waals surface area contributed by atoms with Gasteiger partial charge in [0.1, 0.15) is 11.2 Å². The molecule has 0 spiro atoms. The van der Waals surface area contributed by atoms with Crippen LogP contribution >= 0.6 is 0 Å². The minimum absolute atomic E-state index is 0.902. The molecule has 0 radical (unpaired) electrons. The molecule has 0 saturated carbocycles. The summed E-state index contributed by atoms with van der Waals surface area (Å²) in [5.74, 6) is 0. The number of para-hydroxylation sites is 1. The van der Waals surface area contributed by atoms with Crippen LogP contribution in [-0.4, -0.2) is 0 Å². The number of furan rings is 1. The molecule has 10 aromatic carbocycles. The van der Waals surface area contributed by atoms with Crippen LogP contribution in [-0.2, 0) is 0 Å². The third kappa shape index (κ3) is 5.82. The summed E-state index contributed by atoms with van der Waals surface area (Å²) >= 11 is 0. The smallest absolute Gasteiger partial charge is 0.135 e. The van der Waals surface area contributed by atoms with Crippen LogP contribution in [0.1, 0.15) is 0 Å². The second-order valence-electron chi connectivity index (χ2n) is 14.9. The maximum absolute atomic E-state index is 6.16. The van der Waals surface area contributed by atoms with Gasteiger partial charge in [-0.25, -0.2) is 0 Å². The molecular formula is C56H37NO. The fourth-order valence-corrected chi connectivity index (χ4v) is 8.71. The molecule has 2 heteroatoms. The first-order valence-corrected chi connectivity index (χ1v) is 19.8. The Morgan fingerprint density at radius 3 is 1.55 bits per heavy atom. The Balaban J connectivity index is 1.12. The number of benzene rings is 10. The second kappa shape index (κ2) is 14.1. The van der Waals surface area contributed by atoms with E-state index in [0.717, 1.165) is 55.7 Å². The standard InChI is InChI=1S/C56H37NO/c1-3-14-38(15-4-1)39-26-31-44(32-27-39)57(45-33-28-40(29-34-45)42-30-35-55-52(36-42)49-22-11-12-25-54(49)58-55)53-24-13-23-50(56(53)41-16-5-2-6-17-41)51-37-43-18-7-8-19-46(43)47-20-9-10-21-48(47)51/h1-37H. The molecule has 58 heavy (non-hydrogen) atoms. The van der Waals surface area contributed by atoms with Crippen molar-refractivity contribution in [1.29, 1.82) is 0 Å². The predicted octanol–water partition coefficient (Wildman–Crippen LogP) is 16.0. The molecule has 0 fully saturated rings. The fourth-order valence-electron chi connectivity index (χ4n) is 8.71.